The van der Waals surface area contributed by atoms with E-state index in [4.69, 9.17) is 5.73 Å². The van der Waals surface area contributed by atoms with Crippen LogP contribution in [0.1, 0.15) is 5.56 Å². The molecule has 3 aromatic carbocycles. The Morgan fingerprint density at radius 1 is 0.762 bits per heavy atom. The van der Waals surface area contributed by atoms with Gasteiger partial charge in [-0.15, -0.1) is 11.3 Å². The Bertz CT molecular complexity index is 966. The summed E-state index contributed by atoms with van der Waals surface area (Å²) in [7, 11) is 0. The second kappa shape index (κ2) is 4.61. The molecule has 0 saturated carbocycles. The van der Waals surface area contributed by atoms with E-state index in [2.05, 4.69) is 49.4 Å². The zero-order valence-corrected chi connectivity index (χ0v) is 12.6. The number of anilines is 1. The van der Waals surface area contributed by atoms with Crippen LogP contribution >= 0.6 is 11.3 Å². The fraction of sp³-hybridized carbons (Fsp3) is 0.0526. The Morgan fingerprint density at radius 2 is 1.52 bits per heavy atom. The molecule has 0 amide bonds. The number of hydrogen-bond acceptors (Lipinski definition) is 2. The van der Waals surface area contributed by atoms with Crippen LogP contribution in [0, 0.1) is 6.92 Å². The van der Waals surface area contributed by atoms with Crippen LogP contribution in [-0.2, 0) is 0 Å². The highest BCUT2D eigenvalue weighted by atomic mass is 32.1. The molecule has 1 aromatic heterocycles. The predicted molar refractivity (Wildman–Crippen MR) is 93.9 cm³/mol. The van der Waals surface area contributed by atoms with Crippen molar-refractivity contribution in [1.29, 1.82) is 0 Å². The molecule has 0 fully saturated rings. The lowest BCUT2D eigenvalue weighted by atomic mass is 9.97. The average Bonchev–Trinajstić information content (AvgIpc) is 2.84. The SMILES string of the molecule is Cc1cc2sc3ccccc3c2cc1-c1ccccc1N. The zero-order chi connectivity index (χ0) is 14.4. The van der Waals surface area contributed by atoms with E-state index in [1.807, 2.05) is 29.5 Å². The summed E-state index contributed by atoms with van der Waals surface area (Å²) < 4.78 is 2.68. The second-order valence-electron chi connectivity index (χ2n) is 5.35. The van der Waals surface area contributed by atoms with Gasteiger partial charge in [-0.1, -0.05) is 36.4 Å². The van der Waals surface area contributed by atoms with Gasteiger partial charge in [0, 0.05) is 31.4 Å². The van der Waals surface area contributed by atoms with E-state index < -0.39 is 0 Å². The maximum absolute atomic E-state index is 6.16. The molecule has 0 aliphatic rings. The van der Waals surface area contributed by atoms with Gasteiger partial charge in [-0.25, -0.2) is 0 Å². The normalized spacial score (nSPS) is 11.3. The van der Waals surface area contributed by atoms with Gasteiger partial charge in [-0.3, -0.25) is 0 Å². The Hall–Kier alpha value is -2.32. The van der Waals surface area contributed by atoms with Gasteiger partial charge in [-0.2, -0.15) is 0 Å². The smallest absolute Gasteiger partial charge is 0.0393 e. The molecule has 0 unspecified atom stereocenters. The molecule has 2 heteroatoms. The summed E-state index contributed by atoms with van der Waals surface area (Å²) in [6, 6.07) is 21.2. The van der Waals surface area contributed by atoms with E-state index >= 15 is 0 Å². The molecular weight excluding hydrogens is 274 g/mol. The standard InChI is InChI=1S/C19H15NS/c1-12-10-19-16(14-7-3-5-9-18(14)21-19)11-15(12)13-6-2-4-8-17(13)20/h2-11H,20H2,1H3. The average molecular weight is 289 g/mol. The van der Waals surface area contributed by atoms with Crippen molar-refractivity contribution < 1.29 is 0 Å². The van der Waals surface area contributed by atoms with E-state index in [1.54, 1.807) is 0 Å². The zero-order valence-electron chi connectivity index (χ0n) is 11.8. The van der Waals surface area contributed by atoms with Crippen molar-refractivity contribution in [2.45, 2.75) is 6.92 Å². The van der Waals surface area contributed by atoms with Gasteiger partial charge in [0.25, 0.3) is 0 Å². The molecule has 0 spiro atoms. The van der Waals surface area contributed by atoms with Gasteiger partial charge >= 0.3 is 0 Å². The predicted octanol–water partition coefficient (Wildman–Crippen LogP) is 5.61. The van der Waals surface area contributed by atoms with E-state index in [0.29, 0.717) is 0 Å². The van der Waals surface area contributed by atoms with Crippen molar-refractivity contribution >= 4 is 37.2 Å². The number of nitrogen functional groups attached to an aromatic ring is 1. The molecule has 0 saturated heterocycles. The molecule has 0 aliphatic carbocycles. The monoisotopic (exact) mass is 289 g/mol. The summed E-state index contributed by atoms with van der Waals surface area (Å²) in [5.74, 6) is 0. The van der Waals surface area contributed by atoms with Crippen molar-refractivity contribution in [1.82, 2.24) is 0 Å². The van der Waals surface area contributed by atoms with E-state index in [9.17, 15) is 0 Å². The first-order chi connectivity index (χ1) is 10.2. The van der Waals surface area contributed by atoms with Gasteiger partial charge in [0.15, 0.2) is 0 Å². The van der Waals surface area contributed by atoms with Crippen LogP contribution in [0.4, 0.5) is 5.69 Å². The maximum atomic E-state index is 6.16. The Labute approximate surface area is 127 Å². The molecule has 0 radical (unpaired) electrons. The summed E-state index contributed by atoms with van der Waals surface area (Å²) >= 11 is 1.85. The number of aryl methyl sites for hydroxylation is 1. The van der Waals surface area contributed by atoms with Crippen molar-refractivity contribution in [2.24, 2.45) is 0 Å². The number of fused-ring (bicyclic) bond motifs is 3. The van der Waals surface area contributed by atoms with Crippen LogP contribution in [0.3, 0.4) is 0 Å². The van der Waals surface area contributed by atoms with Crippen molar-refractivity contribution in [3.63, 3.8) is 0 Å². The van der Waals surface area contributed by atoms with Crippen LogP contribution in [0.2, 0.25) is 0 Å². The number of hydrogen-bond donors (Lipinski definition) is 1. The van der Waals surface area contributed by atoms with Crippen molar-refractivity contribution in [3.05, 3.63) is 66.2 Å². The van der Waals surface area contributed by atoms with Gasteiger partial charge in [0.1, 0.15) is 0 Å². The third-order valence-corrected chi connectivity index (χ3v) is 5.11. The lowest BCUT2D eigenvalue weighted by Crippen LogP contribution is -1.91. The summed E-state index contributed by atoms with van der Waals surface area (Å²) in [5.41, 5.74) is 10.6. The van der Waals surface area contributed by atoms with Crippen LogP contribution in [-0.4, -0.2) is 0 Å². The first-order valence-electron chi connectivity index (χ1n) is 7.01. The van der Waals surface area contributed by atoms with Gasteiger partial charge in [0.2, 0.25) is 0 Å². The second-order valence-corrected chi connectivity index (χ2v) is 6.43. The Balaban J connectivity index is 2.08. The number of nitrogens with two attached hydrogens (primary N) is 1. The minimum atomic E-state index is 0.833. The molecule has 102 valence electrons. The van der Waals surface area contributed by atoms with E-state index in [1.165, 1.54) is 31.3 Å². The van der Waals surface area contributed by atoms with Gasteiger partial charge in [-0.05, 0) is 42.3 Å². The van der Waals surface area contributed by atoms with Crippen LogP contribution in [0.5, 0.6) is 0 Å². The van der Waals surface area contributed by atoms with Gasteiger partial charge in [0.05, 0.1) is 0 Å². The van der Waals surface area contributed by atoms with Crippen LogP contribution < -0.4 is 5.73 Å². The molecule has 0 bridgehead atoms. The van der Waals surface area contributed by atoms with E-state index in [0.717, 1.165) is 11.3 Å². The fourth-order valence-corrected chi connectivity index (χ4v) is 4.09. The molecule has 0 aliphatic heterocycles. The summed E-state index contributed by atoms with van der Waals surface area (Å²) in [5, 5.41) is 2.65. The van der Waals surface area contributed by atoms with E-state index in [-0.39, 0.29) is 0 Å². The third-order valence-electron chi connectivity index (χ3n) is 3.97. The quantitative estimate of drug-likeness (QED) is 0.453. The molecule has 4 rings (SSSR count). The number of rotatable bonds is 1. The third kappa shape index (κ3) is 1.91. The Morgan fingerprint density at radius 3 is 2.38 bits per heavy atom. The fourth-order valence-electron chi connectivity index (χ4n) is 2.91. The molecule has 0 atom stereocenters. The summed E-state index contributed by atoms with van der Waals surface area (Å²) in [6.45, 7) is 2.16. The topological polar surface area (TPSA) is 26.0 Å². The minimum Gasteiger partial charge on any atom is -0.398 e. The maximum Gasteiger partial charge on any atom is 0.0393 e. The minimum absolute atomic E-state index is 0.833. The number of benzene rings is 3. The van der Waals surface area contributed by atoms with Crippen molar-refractivity contribution in [2.75, 3.05) is 5.73 Å². The summed E-state index contributed by atoms with van der Waals surface area (Å²) in [6.07, 6.45) is 0. The first-order valence-corrected chi connectivity index (χ1v) is 7.82. The lowest BCUT2D eigenvalue weighted by molar-refractivity contribution is 1.49. The molecule has 21 heavy (non-hydrogen) atoms. The lowest BCUT2D eigenvalue weighted by Gasteiger charge is -2.09. The van der Waals surface area contributed by atoms with Crippen molar-refractivity contribution in [3.8, 4) is 11.1 Å². The number of para-hydroxylation sites is 1. The molecule has 1 nitrogen and oxygen atoms in total. The highest BCUT2D eigenvalue weighted by Crippen LogP contribution is 2.39. The van der Waals surface area contributed by atoms with Crippen LogP contribution in [0.25, 0.3) is 31.3 Å². The molecule has 2 N–H and O–H groups in total. The largest absolute Gasteiger partial charge is 0.398 e. The highest BCUT2D eigenvalue weighted by Gasteiger charge is 2.10. The van der Waals surface area contributed by atoms with Crippen LogP contribution in [0.15, 0.2) is 60.7 Å². The Kier molecular flexibility index (Phi) is 2.72. The highest BCUT2D eigenvalue weighted by molar-refractivity contribution is 7.25. The first kappa shape index (κ1) is 12.4. The molecule has 1 heterocycles. The molecular formula is C19H15NS. The summed E-state index contributed by atoms with van der Waals surface area (Å²) in [4.78, 5) is 0. The number of thiophene rings is 1. The molecule has 4 aromatic rings. The van der Waals surface area contributed by atoms with Gasteiger partial charge < -0.3 is 5.73 Å².